The molecule has 1 unspecified atom stereocenters. The summed E-state index contributed by atoms with van der Waals surface area (Å²) in [6.45, 7) is 15.8. The Labute approximate surface area is 268 Å². The summed E-state index contributed by atoms with van der Waals surface area (Å²) in [5, 5.41) is 1.09. The highest BCUT2D eigenvalue weighted by atomic mass is 16.6. The summed E-state index contributed by atoms with van der Waals surface area (Å²) in [6.07, 6.45) is 5.78. The third-order valence-corrected chi connectivity index (χ3v) is 8.09. The second-order valence-corrected chi connectivity index (χ2v) is 13.0. The number of unbranched alkanes of at least 4 members (excludes halogenated alkanes) is 3. The van der Waals surface area contributed by atoms with E-state index in [1.54, 1.807) is 4.90 Å². The number of aromatic nitrogens is 2. The van der Waals surface area contributed by atoms with E-state index in [4.69, 9.17) is 23.9 Å². The summed E-state index contributed by atoms with van der Waals surface area (Å²) < 4.78 is 26.0. The molecule has 4 rings (SSSR count). The van der Waals surface area contributed by atoms with Crippen LogP contribution in [0.2, 0.25) is 0 Å². The first kappa shape index (κ1) is 34.1. The van der Waals surface area contributed by atoms with Gasteiger partial charge in [-0.2, -0.15) is 0 Å². The molecule has 1 amide bonds. The zero-order chi connectivity index (χ0) is 32.7. The number of nitrogens with zero attached hydrogens (tertiary/aromatic N) is 3. The number of rotatable bonds is 14. The predicted molar refractivity (Wildman–Crippen MR) is 177 cm³/mol. The fraction of sp³-hybridized carbons (Fsp3) is 0.583. The summed E-state index contributed by atoms with van der Waals surface area (Å²) in [6, 6.07) is 8.51. The number of hydrogen-bond acceptors (Lipinski definition) is 7. The molecule has 0 radical (unpaired) electrons. The molecule has 0 saturated heterocycles. The van der Waals surface area contributed by atoms with Crippen molar-refractivity contribution in [1.82, 2.24) is 14.5 Å². The molecule has 246 valence electrons. The van der Waals surface area contributed by atoms with E-state index in [0.717, 1.165) is 67.0 Å². The number of likely N-dealkylation sites (N-methyl/N-ethyl adjacent to an activating group) is 1. The van der Waals surface area contributed by atoms with Crippen molar-refractivity contribution < 1.29 is 28.5 Å². The van der Waals surface area contributed by atoms with Gasteiger partial charge in [0.05, 0.1) is 31.6 Å². The van der Waals surface area contributed by atoms with Crippen LogP contribution in [0.5, 0.6) is 11.6 Å². The summed E-state index contributed by atoms with van der Waals surface area (Å²) in [4.78, 5) is 32.8. The topological polar surface area (TPSA) is 92.1 Å². The lowest BCUT2D eigenvalue weighted by atomic mass is 10.0. The van der Waals surface area contributed by atoms with Gasteiger partial charge in [-0.15, -0.1) is 0 Å². The predicted octanol–water partition coefficient (Wildman–Crippen LogP) is 8.12. The Hall–Kier alpha value is -3.75. The SMILES string of the molecule is CCCCOC(=O)c1c(OCCCC)nc(-c2ccc3c(c2)cc2n3CC(N(C)C(=O)OC(C)(C)C)C2)c(C)c1OCCCC. The van der Waals surface area contributed by atoms with Crippen LogP contribution >= 0.6 is 0 Å². The smallest absolute Gasteiger partial charge is 0.410 e. The van der Waals surface area contributed by atoms with Gasteiger partial charge in [-0.05, 0) is 65.2 Å². The molecule has 1 aliphatic heterocycles. The summed E-state index contributed by atoms with van der Waals surface area (Å²) in [7, 11) is 1.81. The fourth-order valence-corrected chi connectivity index (χ4v) is 5.51. The number of hydrogen-bond donors (Lipinski definition) is 0. The molecule has 9 nitrogen and oxygen atoms in total. The summed E-state index contributed by atoms with van der Waals surface area (Å²) in [5.41, 5.74) is 4.41. The number of pyridine rings is 1. The van der Waals surface area contributed by atoms with Gasteiger partial charge in [-0.1, -0.05) is 46.1 Å². The molecule has 3 aromatic rings. The number of ether oxygens (including phenoxy) is 4. The zero-order valence-corrected chi connectivity index (χ0v) is 28.5. The van der Waals surface area contributed by atoms with Crippen LogP contribution < -0.4 is 9.47 Å². The van der Waals surface area contributed by atoms with E-state index < -0.39 is 11.6 Å². The second-order valence-electron chi connectivity index (χ2n) is 13.0. The quantitative estimate of drug-likeness (QED) is 0.133. The Morgan fingerprint density at radius 1 is 0.978 bits per heavy atom. The molecule has 0 spiro atoms. The number of amides is 1. The molecule has 1 aromatic carbocycles. The van der Waals surface area contributed by atoms with Gasteiger partial charge in [0.15, 0.2) is 5.56 Å². The number of benzene rings is 1. The number of esters is 1. The fourth-order valence-electron chi connectivity index (χ4n) is 5.51. The lowest BCUT2D eigenvalue weighted by molar-refractivity contribution is 0.0222. The van der Waals surface area contributed by atoms with Gasteiger partial charge in [0.25, 0.3) is 0 Å². The molecule has 0 aliphatic carbocycles. The van der Waals surface area contributed by atoms with Gasteiger partial charge in [0, 0.05) is 47.7 Å². The van der Waals surface area contributed by atoms with Crippen LogP contribution in [0.25, 0.3) is 22.2 Å². The van der Waals surface area contributed by atoms with Crippen LogP contribution in [0.4, 0.5) is 4.79 Å². The average Bonchev–Trinajstić information content (AvgIpc) is 3.55. The minimum atomic E-state index is -0.538. The maximum atomic E-state index is 13.4. The van der Waals surface area contributed by atoms with Crippen molar-refractivity contribution in [3.05, 3.63) is 41.1 Å². The Bertz CT molecular complexity index is 1490. The van der Waals surface area contributed by atoms with E-state index >= 15 is 0 Å². The molecule has 3 heterocycles. The maximum Gasteiger partial charge on any atom is 0.410 e. The highest BCUT2D eigenvalue weighted by Crippen LogP contribution is 2.39. The Balaban J connectivity index is 1.70. The maximum absolute atomic E-state index is 13.4. The highest BCUT2D eigenvalue weighted by molar-refractivity contribution is 5.97. The minimum absolute atomic E-state index is 0.0260. The Kier molecular flexibility index (Phi) is 11.4. The van der Waals surface area contributed by atoms with Crippen LogP contribution in [0.15, 0.2) is 24.3 Å². The normalized spacial score (nSPS) is 14.4. The van der Waals surface area contributed by atoms with Crippen LogP contribution in [0, 0.1) is 6.92 Å². The van der Waals surface area contributed by atoms with E-state index in [9.17, 15) is 9.59 Å². The summed E-state index contributed by atoms with van der Waals surface area (Å²) >= 11 is 0. The van der Waals surface area contributed by atoms with Gasteiger partial charge in [-0.3, -0.25) is 0 Å². The molecule has 0 saturated carbocycles. The van der Waals surface area contributed by atoms with Crippen LogP contribution in [-0.2, 0) is 22.4 Å². The van der Waals surface area contributed by atoms with Crippen molar-refractivity contribution in [3.63, 3.8) is 0 Å². The van der Waals surface area contributed by atoms with Gasteiger partial charge in [-0.25, -0.2) is 14.6 Å². The lowest BCUT2D eigenvalue weighted by Crippen LogP contribution is -2.41. The number of carbonyl (C=O) groups excluding carboxylic acids is 2. The Morgan fingerprint density at radius 3 is 2.31 bits per heavy atom. The molecule has 0 fully saturated rings. The van der Waals surface area contributed by atoms with E-state index in [0.29, 0.717) is 37.8 Å². The molecule has 45 heavy (non-hydrogen) atoms. The minimum Gasteiger partial charge on any atom is -0.492 e. The molecular weight excluding hydrogens is 570 g/mol. The van der Waals surface area contributed by atoms with Gasteiger partial charge >= 0.3 is 12.1 Å². The van der Waals surface area contributed by atoms with E-state index in [1.807, 2.05) is 34.7 Å². The second kappa shape index (κ2) is 15.0. The largest absolute Gasteiger partial charge is 0.492 e. The molecule has 1 aliphatic rings. The molecule has 9 heteroatoms. The highest BCUT2D eigenvalue weighted by Gasteiger charge is 2.32. The molecule has 1 atom stereocenters. The van der Waals surface area contributed by atoms with E-state index in [2.05, 4.69) is 49.6 Å². The molecular formula is C36H51N3O6. The molecule has 0 N–H and O–H groups in total. The van der Waals surface area contributed by atoms with E-state index in [-0.39, 0.29) is 23.6 Å². The van der Waals surface area contributed by atoms with Gasteiger partial charge < -0.3 is 28.4 Å². The molecule has 0 bridgehead atoms. The third kappa shape index (κ3) is 8.10. The first-order valence-electron chi connectivity index (χ1n) is 16.5. The Morgan fingerprint density at radius 2 is 1.64 bits per heavy atom. The first-order chi connectivity index (χ1) is 21.5. The van der Waals surface area contributed by atoms with Crippen LogP contribution in [-0.4, -0.2) is 65.0 Å². The van der Waals surface area contributed by atoms with Crippen molar-refractivity contribution in [1.29, 1.82) is 0 Å². The zero-order valence-electron chi connectivity index (χ0n) is 28.5. The van der Waals surface area contributed by atoms with E-state index in [1.165, 1.54) is 5.69 Å². The lowest BCUT2D eigenvalue weighted by Gasteiger charge is -2.28. The monoisotopic (exact) mass is 621 g/mol. The van der Waals surface area contributed by atoms with Crippen LogP contribution in [0.1, 0.15) is 102 Å². The third-order valence-electron chi connectivity index (χ3n) is 8.09. The van der Waals surface area contributed by atoms with Crippen molar-refractivity contribution in [3.8, 4) is 22.9 Å². The van der Waals surface area contributed by atoms with Crippen molar-refractivity contribution in [2.24, 2.45) is 0 Å². The van der Waals surface area contributed by atoms with Crippen molar-refractivity contribution >= 4 is 23.0 Å². The standard InChI is InChI=1S/C36H51N3O6/c1-9-12-17-42-32-24(4)31(37-33(43-18-13-10-2)30(32)34(40)44-19-14-11-3)25-15-16-29-26(20-25)21-27-22-28(23-39(27)29)38(8)35(41)45-36(5,6)7/h15-16,20-21,28H,9-14,17-19,22-23H2,1-8H3. The number of carbonyl (C=O) groups is 2. The molecule has 2 aromatic heterocycles. The van der Waals surface area contributed by atoms with Crippen LogP contribution in [0.3, 0.4) is 0 Å². The van der Waals surface area contributed by atoms with Crippen molar-refractivity contribution in [2.75, 3.05) is 26.9 Å². The van der Waals surface area contributed by atoms with Crippen molar-refractivity contribution in [2.45, 2.75) is 112 Å². The first-order valence-corrected chi connectivity index (χ1v) is 16.5. The van der Waals surface area contributed by atoms with Gasteiger partial charge in [0.1, 0.15) is 11.4 Å². The average molecular weight is 622 g/mol. The summed E-state index contributed by atoms with van der Waals surface area (Å²) in [5.74, 6) is 0.271. The number of fused-ring (bicyclic) bond motifs is 3. The van der Waals surface area contributed by atoms with Gasteiger partial charge in [0.2, 0.25) is 5.88 Å².